The fourth-order valence-electron chi connectivity index (χ4n) is 1.49. The number of rotatable bonds is 3. The first-order valence-electron chi connectivity index (χ1n) is 5.55. The van der Waals surface area contributed by atoms with Crippen molar-refractivity contribution in [2.24, 2.45) is 0 Å². The number of hydrogen-bond donors (Lipinski definition) is 0. The van der Waals surface area contributed by atoms with E-state index in [9.17, 15) is 4.39 Å². The fraction of sp³-hybridized carbons (Fsp3) is 0. The predicted molar refractivity (Wildman–Crippen MR) is 79.5 cm³/mol. The van der Waals surface area contributed by atoms with Gasteiger partial charge in [-0.25, -0.2) is 15.0 Å². The molecular formula is C12H5ClFIN4O2. The molecule has 3 aromatic heterocycles. The minimum absolute atomic E-state index is 0.00542. The van der Waals surface area contributed by atoms with Crippen molar-refractivity contribution in [1.29, 1.82) is 0 Å². The molecule has 0 spiro atoms. The summed E-state index contributed by atoms with van der Waals surface area (Å²) in [5.74, 6) is -0.575. The van der Waals surface area contributed by atoms with Gasteiger partial charge in [-0.3, -0.25) is 0 Å². The lowest BCUT2D eigenvalue weighted by Gasteiger charge is -2.08. The smallest absolute Gasteiger partial charge is 0.258 e. The van der Waals surface area contributed by atoms with E-state index in [-0.39, 0.29) is 22.9 Å². The number of nitrogens with zero attached hydrogens (tertiary/aromatic N) is 4. The largest absolute Gasteiger partial charge is 0.444 e. The Bertz CT molecular complexity index is 785. The maximum atomic E-state index is 14.0. The second-order valence-electron chi connectivity index (χ2n) is 3.71. The van der Waals surface area contributed by atoms with Crippen LogP contribution in [0.2, 0.25) is 5.28 Å². The molecule has 3 aromatic rings. The fourth-order valence-corrected chi connectivity index (χ4v) is 2.01. The standard InChI is InChI=1S/C12H5ClFIN4O2/c13-12-18-5-6(9-17-3-4-20-9)10(19-12)21-11-8(14)7(15)1-2-16-11/h1-5H. The Morgan fingerprint density at radius 1 is 1.19 bits per heavy atom. The molecule has 0 aliphatic carbocycles. The van der Waals surface area contributed by atoms with Crippen LogP contribution in [0.25, 0.3) is 11.5 Å². The molecule has 0 bridgehead atoms. The summed E-state index contributed by atoms with van der Waals surface area (Å²) in [7, 11) is 0. The maximum absolute atomic E-state index is 14.0. The van der Waals surface area contributed by atoms with Crippen LogP contribution in [-0.4, -0.2) is 19.9 Å². The molecule has 21 heavy (non-hydrogen) atoms. The zero-order valence-electron chi connectivity index (χ0n) is 10.1. The van der Waals surface area contributed by atoms with Crippen molar-refractivity contribution >= 4 is 34.2 Å². The van der Waals surface area contributed by atoms with Crippen LogP contribution in [0.5, 0.6) is 11.8 Å². The van der Waals surface area contributed by atoms with E-state index in [1.165, 1.54) is 30.9 Å². The molecule has 0 N–H and O–H groups in total. The lowest BCUT2D eigenvalue weighted by atomic mass is 10.3. The van der Waals surface area contributed by atoms with E-state index in [1.807, 2.05) is 22.6 Å². The second-order valence-corrected chi connectivity index (χ2v) is 5.21. The summed E-state index contributed by atoms with van der Waals surface area (Å²) in [6.07, 6.45) is 5.64. The van der Waals surface area contributed by atoms with Gasteiger partial charge in [0.25, 0.3) is 5.88 Å². The lowest BCUT2D eigenvalue weighted by molar-refractivity contribution is 0.406. The zero-order chi connectivity index (χ0) is 14.8. The van der Waals surface area contributed by atoms with Crippen LogP contribution in [0.4, 0.5) is 4.39 Å². The molecule has 0 saturated carbocycles. The van der Waals surface area contributed by atoms with Crippen molar-refractivity contribution in [3.8, 4) is 23.2 Å². The molecule has 3 rings (SSSR count). The van der Waals surface area contributed by atoms with Crippen molar-refractivity contribution in [2.75, 3.05) is 0 Å². The third-order valence-electron chi connectivity index (χ3n) is 2.39. The molecule has 9 heteroatoms. The highest BCUT2D eigenvalue weighted by atomic mass is 127. The third kappa shape index (κ3) is 2.95. The Balaban J connectivity index is 2.06. The number of oxazole rings is 1. The second kappa shape index (κ2) is 5.90. The average Bonchev–Trinajstić information content (AvgIpc) is 2.98. The molecule has 0 fully saturated rings. The summed E-state index contributed by atoms with van der Waals surface area (Å²) in [6, 6.07) is 1.52. The Morgan fingerprint density at radius 3 is 2.81 bits per heavy atom. The normalized spacial score (nSPS) is 10.6. The first-order chi connectivity index (χ1) is 10.1. The molecule has 106 valence electrons. The highest BCUT2D eigenvalue weighted by Gasteiger charge is 2.18. The first-order valence-corrected chi connectivity index (χ1v) is 7.01. The van der Waals surface area contributed by atoms with E-state index < -0.39 is 5.82 Å². The Morgan fingerprint density at radius 2 is 2.05 bits per heavy atom. The van der Waals surface area contributed by atoms with Crippen molar-refractivity contribution in [3.05, 3.63) is 45.6 Å². The van der Waals surface area contributed by atoms with Gasteiger partial charge in [0.2, 0.25) is 17.1 Å². The average molecular weight is 419 g/mol. The van der Waals surface area contributed by atoms with E-state index >= 15 is 0 Å². The van der Waals surface area contributed by atoms with Crippen molar-refractivity contribution < 1.29 is 13.5 Å². The molecule has 3 heterocycles. The van der Waals surface area contributed by atoms with E-state index in [0.29, 0.717) is 9.13 Å². The number of pyridine rings is 1. The van der Waals surface area contributed by atoms with Gasteiger partial charge in [0.1, 0.15) is 11.8 Å². The molecule has 0 radical (unpaired) electrons. The molecular weight excluding hydrogens is 414 g/mol. The summed E-state index contributed by atoms with van der Waals surface area (Å²) < 4.78 is 24.9. The maximum Gasteiger partial charge on any atom is 0.258 e. The number of hydrogen-bond acceptors (Lipinski definition) is 6. The minimum Gasteiger partial charge on any atom is -0.444 e. The third-order valence-corrected chi connectivity index (χ3v) is 3.41. The van der Waals surface area contributed by atoms with Crippen LogP contribution < -0.4 is 4.74 Å². The number of ether oxygens (including phenoxy) is 1. The summed E-state index contributed by atoms with van der Waals surface area (Å²) in [5, 5.41) is -0.0497. The van der Waals surface area contributed by atoms with Crippen LogP contribution in [-0.2, 0) is 0 Å². The first kappa shape index (κ1) is 14.1. The van der Waals surface area contributed by atoms with Gasteiger partial charge in [0.05, 0.1) is 9.77 Å². The molecule has 0 amide bonds. The topological polar surface area (TPSA) is 73.9 Å². The van der Waals surface area contributed by atoms with Gasteiger partial charge >= 0.3 is 0 Å². The van der Waals surface area contributed by atoms with Gasteiger partial charge in [0.15, 0.2) is 5.82 Å². The van der Waals surface area contributed by atoms with Gasteiger partial charge < -0.3 is 9.15 Å². The Labute approximate surface area is 136 Å². The molecule has 6 nitrogen and oxygen atoms in total. The summed E-state index contributed by atoms with van der Waals surface area (Å²) in [4.78, 5) is 15.6. The van der Waals surface area contributed by atoms with Crippen molar-refractivity contribution in [3.63, 3.8) is 0 Å². The van der Waals surface area contributed by atoms with Crippen LogP contribution in [0.3, 0.4) is 0 Å². The van der Waals surface area contributed by atoms with E-state index in [4.69, 9.17) is 20.8 Å². The summed E-state index contributed by atoms with van der Waals surface area (Å²) >= 11 is 7.58. The van der Waals surface area contributed by atoms with E-state index in [0.717, 1.165) is 0 Å². The van der Waals surface area contributed by atoms with Gasteiger partial charge in [-0.2, -0.15) is 9.37 Å². The highest BCUT2D eigenvalue weighted by molar-refractivity contribution is 14.1. The van der Waals surface area contributed by atoms with Gasteiger partial charge in [-0.05, 0) is 40.3 Å². The van der Waals surface area contributed by atoms with Crippen molar-refractivity contribution in [1.82, 2.24) is 19.9 Å². The molecule has 0 aliphatic heterocycles. The highest BCUT2D eigenvalue weighted by Crippen LogP contribution is 2.31. The van der Waals surface area contributed by atoms with E-state index in [1.54, 1.807) is 0 Å². The van der Waals surface area contributed by atoms with Crippen LogP contribution in [0.1, 0.15) is 0 Å². The van der Waals surface area contributed by atoms with Gasteiger partial charge in [0, 0.05) is 12.4 Å². The monoisotopic (exact) mass is 418 g/mol. The van der Waals surface area contributed by atoms with E-state index in [2.05, 4.69) is 19.9 Å². The number of halogens is 3. The SMILES string of the molecule is Fc1c(I)ccnc1Oc1nc(Cl)ncc1-c1ncco1. The van der Waals surface area contributed by atoms with Gasteiger partial charge in [-0.15, -0.1) is 0 Å². The molecule has 0 atom stereocenters. The molecule has 0 aliphatic rings. The Kier molecular flexibility index (Phi) is 3.97. The summed E-state index contributed by atoms with van der Waals surface area (Å²) in [5.41, 5.74) is 0.337. The van der Waals surface area contributed by atoms with Crippen LogP contribution in [0, 0.1) is 9.39 Å². The quantitative estimate of drug-likeness (QED) is 0.477. The Hall–Kier alpha value is -1.81. The van der Waals surface area contributed by atoms with Crippen molar-refractivity contribution in [2.45, 2.75) is 0 Å². The molecule has 0 saturated heterocycles. The summed E-state index contributed by atoms with van der Waals surface area (Å²) in [6.45, 7) is 0. The van der Waals surface area contributed by atoms with Gasteiger partial charge in [-0.1, -0.05) is 0 Å². The zero-order valence-corrected chi connectivity index (χ0v) is 13.0. The predicted octanol–water partition coefficient (Wildman–Crippen LogP) is 3.72. The van der Waals surface area contributed by atoms with Crippen LogP contribution >= 0.6 is 34.2 Å². The van der Waals surface area contributed by atoms with Crippen LogP contribution in [0.15, 0.2) is 35.3 Å². The minimum atomic E-state index is -0.591. The lowest BCUT2D eigenvalue weighted by Crippen LogP contribution is -1.99. The molecule has 0 unspecified atom stereocenters. The molecule has 0 aromatic carbocycles. The number of aromatic nitrogens is 4.